The van der Waals surface area contributed by atoms with Gasteiger partial charge in [-0.3, -0.25) is 4.79 Å². The van der Waals surface area contributed by atoms with Gasteiger partial charge in [0.05, 0.1) is 5.92 Å². The molecule has 0 fully saturated rings. The van der Waals surface area contributed by atoms with Crippen molar-refractivity contribution in [2.45, 2.75) is 25.7 Å². The maximum absolute atomic E-state index is 12.3. The third kappa shape index (κ3) is 3.94. The second-order valence-corrected chi connectivity index (χ2v) is 5.48. The third-order valence-corrected chi connectivity index (χ3v) is 3.83. The van der Waals surface area contributed by atoms with Crippen LogP contribution in [0, 0.1) is 0 Å². The summed E-state index contributed by atoms with van der Waals surface area (Å²) >= 11 is 0. The predicted molar refractivity (Wildman–Crippen MR) is 82.7 cm³/mol. The molecule has 2 rings (SSSR count). The fourth-order valence-electron chi connectivity index (χ4n) is 2.69. The summed E-state index contributed by atoms with van der Waals surface area (Å²) in [5.74, 6) is 0.0888. The number of hydrogen-bond acceptors (Lipinski definition) is 2. The van der Waals surface area contributed by atoms with Crippen molar-refractivity contribution in [1.29, 1.82) is 0 Å². The summed E-state index contributed by atoms with van der Waals surface area (Å²) < 4.78 is 0. The molecule has 3 nitrogen and oxygen atoms in total. The molecule has 0 radical (unpaired) electrons. The fourth-order valence-corrected chi connectivity index (χ4v) is 2.69. The van der Waals surface area contributed by atoms with Crippen molar-refractivity contribution in [1.82, 2.24) is 10.2 Å². The molecular weight excluding hydrogens is 248 g/mol. The van der Waals surface area contributed by atoms with Crippen LogP contribution in [0.2, 0.25) is 0 Å². The molecule has 0 saturated carbocycles. The molecular formula is C17H24N2O. The van der Waals surface area contributed by atoms with E-state index in [1.54, 1.807) is 0 Å². The maximum atomic E-state index is 12.3. The second-order valence-electron chi connectivity index (χ2n) is 5.48. The fraction of sp³-hybridized carbons (Fsp3) is 0.471. The molecule has 1 aliphatic rings. The molecule has 0 aromatic heterocycles. The molecule has 1 aromatic carbocycles. The van der Waals surface area contributed by atoms with Crippen molar-refractivity contribution >= 4 is 5.91 Å². The molecule has 0 saturated heterocycles. The Balaban J connectivity index is 1.92. The highest BCUT2D eigenvalue weighted by atomic mass is 16.1. The molecule has 108 valence electrons. The van der Waals surface area contributed by atoms with E-state index >= 15 is 0 Å². The molecule has 1 amide bonds. The highest BCUT2D eigenvalue weighted by molar-refractivity contribution is 5.83. The average Bonchev–Trinajstić information content (AvgIpc) is 2.47. The van der Waals surface area contributed by atoms with Gasteiger partial charge in [-0.2, -0.15) is 0 Å². The van der Waals surface area contributed by atoms with E-state index in [-0.39, 0.29) is 11.8 Å². The number of nitrogens with one attached hydrogen (secondary N) is 1. The first-order valence-corrected chi connectivity index (χ1v) is 7.39. The van der Waals surface area contributed by atoms with Gasteiger partial charge in [0, 0.05) is 19.6 Å². The lowest BCUT2D eigenvalue weighted by Crippen LogP contribution is -2.35. The zero-order chi connectivity index (χ0) is 14.4. The predicted octanol–water partition coefficient (Wildman–Crippen LogP) is 2.56. The molecule has 1 N–H and O–H groups in total. The van der Waals surface area contributed by atoms with Gasteiger partial charge >= 0.3 is 0 Å². The van der Waals surface area contributed by atoms with E-state index in [4.69, 9.17) is 0 Å². The number of carbonyl (C=O) groups excluding carboxylic acids is 1. The second kappa shape index (κ2) is 7.25. The van der Waals surface area contributed by atoms with Crippen LogP contribution in [-0.4, -0.2) is 37.5 Å². The van der Waals surface area contributed by atoms with E-state index in [0.29, 0.717) is 6.54 Å². The monoisotopic (exact) mass is 272 g/mol. The zero-order valence-electron chi connectivity index (χ0n) is 12.4. The molecule has 0 spiro atoms. The van der Waals surface area contributed by atoms with Gasteiger partial charge in [-0.15, -0.1) is 0 Å². The summed E-state index contributed by atoms with van der Waals surface area (Å²) in [6, 6.07) is 10.0. The molecule has 1 heterocycles. The van der Waals surface area contributed by atoms with Crippen LogP contribution in [0.1, 0.15) is 31.2 Å². The zero-order valence-corrected chi connectivity index (χ0v) is 12.4. The summed E-state index contributed by atoms with van der Waals surface area (Å²) in [6.45, 7) is 4.80. The molecule has 0 unspecified atom stereocenters. The Kier molecular flexibility index (Phi) is 5.36. The van der Waals surface area contributed by atoms with Crippen molar-refractivity contribution in [2.24, 2.45) is 0 Å². The van der Waals surface area contributed by atoms with Crippen LogP contribution >= 0.6 is 0 Å². The summed E-state index contributed by atoms with van der Waals surface area (Å²) in [7, 11) is 2.12. The molecule has 0 bridgehead atoms. The number of hydrogen-bond donors (Lipinski definition) is 1. The minimum absolute atomic E-state index is 0.0434. The number of rotatable bonds is 5. The van der Waals surface area contributed by atoms with E-state index in [9.17, 15) is 4.79 Å². The van der Waals surface area contributed by atoms with Gasteiger partial charge in [0.1, 0.15) is 0 Å². The lowest BCUT2D eigenvalue weighted by atomic mass is 9.95. The van der Waals surface area contributed by atoms with Crippen molar-refractivity contribution < 1.29 is 4.79 Å². The van der Waals surface area contributed by atoms with Crippen molar-refractivity contribution in [3.05, 3.63) is 47.5 Å². The Morgan fingerprint density at radius 2 is 2.10 bits per heavy atom. The Labute approximate surface area is 121 Å². The lowest BCUT2D eigenvalue weighted by molar-refractivity contribution is -0.122. The van der Waals surface area contributed by atoms with E-state index < -0.39 is 0 Å². The highest BCUT2D eigenvalue weighted by Gasteiger charge is 2.18. The molecule has 1 aliphatic heterocycles. The minimum atomic E-state index is -0.0434. The van der Waals surface area contributed by atoms with Gasteiger partial charge < -0.3 is 10.2 Å². The van der Waals surface area contributed by atoms with Gasteiger partial charge in [0.15, 0.2) is 0 Å². The largest absolute Gasteiger partial charge is 0.352 e. The number of benzene rings is 1. The number of carbonyl (C=O) groups is 1. The molecule has 1 aromatic rings. The van der Waals surface area contributed by atoms with E-state index in [2.05, 4.69) is 30.3 Å². The molecule has 1 atom stereocenters. The van der Waals surface area contributed by atoms with Crippen molar-refractivity contribution in [3.63, 3.8) is 0 Å². The Bertz CT molecular complexity index is 467. The van der Waals surface area contributed by atoms with Gasteiger partial charge in [-0.1, -0.05) is 43.3 Å². The van der Waals surface area contributed by atoms with Crippen LogP contribution in [0.3, 0.4) is 0 Å². The van der Waals surface area contributed by atoms with Crippen molar-refractivity contribution in [2.75, 3.05) is 26.7 Å². The summed E-state index contributed by atoms with van der Waals surface area (Å²) in [4.78, 5) is 14.6. The number of likely N-dealkylation sites (N-methyl/N-ethyl adjacent to an activating group) is 1. The number of amides is 1. The summed E-state index contributed by atoms with van der Waals surface area (Å²) in [5.41, 5.74) is 2.41. The normalized spacial score (nSPS) is 17.4. The molecule has 3 heteroatoms. The van der Waals surface area contributed by atoms with Crippen molar-refractivity contribution in [3.8, 4) is 0 Å². The first kappa shape index (κ1) is 14.8. The van der Waals surface area contributed by atoms with Gasteiger partial charge in [0.2, 0.25) is 5.91 Å². The average molecular weight is 272 g/mol. The maximum Gasteiger partial charge on any atom is 0.227 e. The topological polar surface area (TPSA) is 32.3 Å². The van der Waals surface area contributed by atoms with Crippen LogP contribution in [0.5, 0.6) is 0 Å². The Morgan fingerprint density at radius 1 is 1.35 bits per heavy atom. The van der Waals surface area contributed by atoms with Gasteiger partial charge in [0.25, 0.3) is 0 Å². The highest BCUT2D eigenvalue weighted by Crippen LogP contribution is 2.19. The molecule has 20 heavy (non-hydrogen) atoms. The quantitative estimate of drug-likeness (QED) is 0.836. The van der Waals surface area contributed by atoms with Crippen LogP contribution in [0.25, 0.3) is 0 Å². The molecule has 0 aliphatic carbocycles. The van der Waals surface area contributed by atoms with Crippen LogP contribution in [-0.2, 0) is 4.79 Å². The first-order valence-electron chi connectivity index (χ1n) is 7.39. The summed E-state index contributed by atoms with van der Waals surface area (Å²) in [5, 5.41) is 3.09. The van der Waals surface area contributed by atoms with E-state index in [1.807, 2.05) is 30.3 Å². The minimum Gasteiger partial charge on any atom is -0.352 e. The van der Waals surface area contributed by atoms with Gasteiger partial charge in [-0.05, 0) is 31.0 Å². The Morgan fingerprint density at radius 3 is 2.75 bits per heavy atom. The number of nitrogens with zero attached hydrogens (tertiary/aromatic N) is 1. The van der Waals surface area contributed by atoms with E-state index in [0.717, 1.165) is 31.5 Å². The van der Waals surface area contributed by atoms with E-state index in [1.165, 1.54) is 5.57 Å². The smallest absolute Gasteiger partial charge is 0.227 e. The Hall–Kier alpha value is -1.61. The third-order valence-electron chi connectivity index (χ3n) is 3.83. The first-order chi connectivity index (χ1) is 9.70. The summed E-state index contributed by atoms with van der Waals surface area (Å²) in [6.07, 6.45) is 4.16. The van der Waals surface area contributed by atoms with Crippen LogP contribution in [0.15, 0.2) is 42.0 Å². The standard InChI is InChI=1S/C17H24N2O/c1-3-16(15-9-5-4-6-10-15)17(20)18-12-14-8-7-11-19(2)13-14/h4-6,8-10,16H,3,7,11-13H2,1-2H3,(H,18,20)/t16-/m0/s1. The van der Waals surface area contributed by atoms with Crippen LogP contribution in [0.4, 0.5) is 0 Å². The van der Waals surface area contributed by atoms with Crippen LogP contribution < -0.4 is 5.32 Å². The SMILES string of the molecule is CC[C@H](C(=O)NCC1=CCCN(C)C1)c1ccccc1. The van der Waals surface area contributed by atoms with Gasteiger partial charge in [-0.25, -0.2) is 0 Å². The lowest BCUT2D eigenvalue weighted by Gasteiger charge is -2.24.